The van der Waals surface area contributed by atoms with E-state index in [0.717, 1.165) is 0 Å². The van der Waals surface area contributed by atoms with Gasteiger partial charge in [0.15, 0.2) is 0 Å². The molecule has 5 nitrogen and oxygen atoms in total. The van der Waals surface area contributed by atoms with Crippen LogP contribution in [0.1, 0.15) is 5.56 Å². The van der Waals surface area contributed by atoms with Gasteiger partial charge >= 0.3 is 6.36 Å². The van der Waals surface area contributed by atoms with Gasteiger partial charge in [0.05, 0.1) is 29.3 Å². The molecule has 0 aliphatic rings. The van der Waals surface area contributed by atoms with Gasteiger partial charge < -0.3 is 9.30 Å². The zero-order valence-electron chi connectivity index (χ0n) is 12.9. The van der Waals surface area contributed by atoms with Crippen LogP contribution >= 0.6 is 0 Å². The monoisotopic (exact) mass is 344 g/mol. The van der Waals surface area contributed by atoms with Crippen molar-refractivity contribution in [2.45, 2.75) is 6.36 Å². The van der Waals surface area contributed by atoms with Crippen LogP contribution in [-0.4, -0.2) is 20.9 Å². The van der Waals surface area contributed by atoms with Crippen molar-refractivity contribution in [3.63, 3.8) is 0 Å². The molecule has 3 rings (SSSR count). The van der Waals surface area contributed by atoms with Crippen LogP contribution < -0.4 is 4.74 Å². The van der Waals surface area contributed by atoms with E-state index in [1.54, 1.807) is 30.1 Å². The molecule has 0 bridgehead atoms. The fraction of sp³-hybridized carbons (Fsp3) is 0.118. The first-order valence-electron chi connectivity index (χ1n) is 7.11. The quantitative estimate of drug-likeness (QED) is 0.722. The van der Waals surface area contributed by atoms with E-state index < -0.39 is 6.36 Å². The van der Waals surface area contributed by atoms with E-state index in [1.165, 1.54) is 30.5 Å². The Bertz CT molecular complexity index is 940. The number of nitriles is 1. The number of hydrogen-bond donors (Lipinski definition) is 0. The molecule has 0 atom stereocenters. The molecule has 0 saturated carbocycles. The Morgan fingerprint density at radius 2 is 1.84 bits per heavy atom. The van der Waals surface area contributed by atoms with Crippen molar-refractivity contribution in [3.05, 3.63) is 54.5 Å². The van der Waals surface area contributed by atoms with Crippen LogP contribution in [0.5, 0.6) is 5.75 Å². The highest BCUT2D eigenvalue weighted by Gasteiger charge is 2.31. The summed E-state index contributed by atoms with van der Waals surface area (Å²) < 4.78 is 42.4. The van der Waals surface area contributed by atoms with Gasteiger partial charge in [-0.1, -0.05) is 0 Å². The minimum atomic E-state index is -4.74. The third-order valence-corrected chi connectivity index (χ3v) is 3.43. The molecule has 0 aliphatic carbocycles. The van der Waals surface area contributed by atoms with Crippen molar-refractivity contribution < 1.29 is 17.9 Å². The molecule has 0 fully saturated rings. The normalized spacial score (nSPS) is 11.2. The van der Waals surface area contributed by atoms with Gasteiger partial charge in [0, 0.05) is 18.8 Å². The molecule has 2 heterocycles. The van der Waals surface area contributed by atoms with Crippen molar-refractivity contribution >= 4 is 0 Å². The number of hydrogen-bond acceptors (Lipinski definition) is 4. The molecule has 8 heteroatoms. The second kappa shape index (κ2) is 6.28. The van der Waals surface area contributed by atoms with E-state index in [4.69, 9.17) is 5.26 Å². The Kier molecular flexibility index (Phi) is 4.15. The molecule has 0 aliphatic heterocycles. The van der Waals surface area contributed by atoms with Gasteiger partial charge in [-0.2, -0.15) is 5.26 Å². The van der Waals surface area contributed by atoms with E-state index >= 15 is 0 Å². The molecular formula is C17H11F3N4O. The van der Waals surface area contributed by atoms with Crippen LogP contribution in [0, 0.1) is 11.3 Å². The van der Waals surface area contributed by atoms with Gasteiger partial charge in [0.25, 0.3) is 0 Å². The Morgan fingerprint density at radius 1 is 1.12 bits per heavy atom. The molecule has 3 aromatic rings. The third kappa shape index (κ3) is 3.61. The zero-order valence-corrected chi connectivity index (χ0v) is 12.9. The summed E-state index contributed by atoms with van der Waals surface area (Å²) in [6.07, 6.45) is -1.65. The summed E-state index contributed by atoms with van der Waals surface area (Å²) in [7, 11) is 1.76. The number of benzene rings is 1. The maximum absolute atomic E-state index is 12.3. The lowest BCUT2D eigenvalue weighted by Crippen LogP contribution is -2.16. The number of halogens is 3. The maximum atomic E-state index is 12.3. The number of alkyl halides is 3. The molecule has 0 saturated heterocycles. The van der Waals surface area contributed by atoms with Gasteiger partial charge in [-0.25, -0.2) is 4.98 Å². The van der Waals surface area contributed by atoms with E-state index in [2.05, 4.69) is 14.7 Å². The Morgan fingerprint density at radius 3 is 2.48 bits per heavy atom. The highest BCUT2D eigenvalue weighted by atomic mass is 19.4. The summed E-state index contributed by atoms with van der Waals surface area (Å²) in [5, 5.41) is 9.01. The van der Waals surface area contributed by atoms with E-state index in [0.29, 0.717) is 28.2 Å². The van der Waals surface area contributed by atoms with Crippen LogP contribution in [0.2, 0.25) is 0 Å². The van der Waals surface area contributed by atoms with Crippen molar-refractivity contribution in [1.29, 1.82) is 5.26 Å². The fourth-order valence-electron chi connectivity index (χ4n) is 2.40. The fourth-order valence-corrected chi connectivity index (χ4v) is 2.40. The third-order valence-electron chi connectivity index (χ3n) is 3.43. The van der Waals surface area contributed by atoms with E-state index in [-0.39, 0.29) is 5.75 Å². The van der Waals surface area contributed by atoms with Crippen LogP contribution in [0.4, 0.5) is 13.2 Å². The molecule has 0 amide bonds. The molecule has 1 aromatic carbocycles. The minimum absolute atomic E-state index is 0.301. The second-order valence-electron chi connectivity index (χ2n) is 5.17. The number of aryl methyl sites for hydroxylation is 1. The summed E-state index contributed by atoms with van der Waals surface area (Å²) in [6.45, 7) is 0. The molecule has 2 aromatic heterocycles. The van der Waals surface area contributed by atoms with Crippen molar-refractivity contribution in [3.8, 4) is 34.5 Å². The highest BCUT2D eigenvalue weighted by molar-refractivity contribution is 5.77. The topological polar surface area (TPSA) is 63.7 Å². The van der Waals surface area contributed by atoms with E-state index in [1.807, 2.05) is 6.07 Å². The van der Waals surface area contributed by atoms with Crippen LogP contribution in [-0.2, 0) is 7.05 Å². The first kappa shape index (κ1) is 16.5. The standard InChI is InChI=1S/C17H11F3N4O/c1-24-10-23-15(14-8-11(9-21)6-7-22-14)16(24)12-2-4-13(5-3-12)25-17(18,19)20/h2-8,10H,1H3. The van der Waals surface area contributed by atoms with Crippen molar-refractivity contribution in [1.82, 2.24) is 14.5 Å². The lowest BCUT2D eigenvalue weighted by molar-refractivity contribution is -0.274. The summed E-state index contributed by atoms with van der Waals surface area (Å²) in [4.78, 5) is 8.52. The molecule has 0 spiro atoms. The minimum Gasteiger partial charge on any atom is -0.406 e. The molecule has 0 unspecified atom stereocenters. The van der Waals surface area contributed by atoms with Crippen molar-refractivity contribution in [2.75, 3.05) is 0 Å². The first-order valence-corrected chi connectivity index (χ1v) is 7.11. The molecular weight excluding hydrogens is 333 g/mol. The van der Waals surface area contributed by atoms with Crippen molar-refractivity contribution in [2.24, 2.45) is 7.05 Å². The summed E-state index contributed by atoms with van der Waals surface area (Å²) in [6, 6.07) is 10.7. The summed E-state index contributed by atoms with van der Waals surface area (Å²) in [5.74, 6) is -0.301. The highest BCUT2D eigenvalue weighted by Crippen LogP contribution is 2.32. The number of imidazole rings is 1. The van der Waals surface area contributed by atoms with Gasteiger partial charge in [-0.3, -0.25) is 4.98 Å². The van der Waals surface area contributed by atoms with Gasteiger partial charge in [0.2, 0.25) is 0 Å². The Labute approximate surface area is 141 Å². The van der Waals surface area contributed by atoms with Gasteiger partial charge in [-0.15, -0.1) is 13.2 Å². The van der Waals surface area contributed by atoms with Gasteiger partial charge in [0.1, 0.15) is 11.4 Å². The second-order valence-corrected chi connectivity index (χ2v) is 5.17. The zero-order chi connectivity index (χ0) is 18.0. The van der Waals surface area contributed by atoms with Crippen LogP contribution in [0.3, 0.4) is 0 Å². The lowest BCUT2D eigenvalue weighted by atomic mass is 10.1. The van der Waals surface area contributed by atoms with Crippen LogP contribution in [0.25, 0.3) is 22.6 Å². The SMILES string of the molecule is Cn1cnc(-c2cc(C#N)ccn2)c1-c1ccc(OC(F)(F)F)cc1. The number of aromatic nitrogens is 3. The molecule has 126 valence electrons. The predicted octanol–water partition coefficient (Wildman–Crippen LogP) is 3.92. The largest absolute Gasteiger partial charge is 0.573 e. The smallest absolute Gasteiger partial charge is 0.406 e. The van der Waals surface area contributed by atoms with Gasteiger partial charge in [-0.05, 0) is 36.4 Å². The first-order chi connectivity index (χ1) is 11.9. The summed E-state index contributed by atoms with van der Waals surface area (Å²) in [5.41, 5.74) is 2.79. The number of pyridine rings is 1. The molecule has 25 heavy (non-hydrogen) atoms. The maximum Gasteiger partial charge on any atom is 0.573 e. The van der Waals surface area contributed by atoms with E-state index in [9.17, 15) is 13.2 Å². The Hall–Kier alpha value is -3.34. The molecule has 0 radical (unpaired) electrons. The summed E-state index contributed by atoms with van der Waals surface area (Å²) >= 11 is 0. The molecule has 0 N–H and O–H groups in total. The number of ether oxygens (including phenoxy) is 1. The number of nitrogens with zero attached hydrogens (tertiary/aromatic N) is 4. The lowest BCUT2D eigenvalue weighted by Gasteiger charge is -2.10. The Balaban J connectivity index is 2.01. The average Bonchev–Trinajstić information content (AvgIpc) is 2.96. The van der Waals surface area contributed by atoms with Crippen LogP contribution in [0.15, 0.2) is 48.9 Å². The average molecular weight is 344 g/mol. The number of rotatable bonds is 3. The predicted molar refractivity (Wildman–Crippen MR) is 83.3 cm³/mol.